The molecule has 0 saturated carbocycles. The van der Waals surface area contributed by atoms with Crippen molar-refractivity contribution in [2.45, 2.75) is 64.5 Å². The van der Waals surface area contributed by atoms with Crippen LogP contribution in [0.1, 0.15) is 66.7 Å². The number of carbonyl (C=O) groups excluding carboxylic acids is 1. The maximum absolute atomic E-state index is 13.4. The van der Waals surface area contributed by atoms with Gasteiger partial charge >= 0.3 is 5.97 Å². The second-order valence-corrected chi connectivity index (χ2v) is 11.0. The van der Waals surface area contributed by atoms with Crippen molar-refractivity contribution in [1.29, 1.82) is 0 Å². The van der Waals surface area contributed by atoms with Crippen molar-refractivity contribution in [1.82, 2.24) is 4.90 Å². The lowest BCUT2D eigenvalue weighted by Crippen LogP contribution is -2.33. The standard InChI is InChI=1S/C31H35NO4/c1-30(2,3)26-13-10-22(11-14-26)19-31(4)20-25-18-24(12-15-27(25)36-31)29(35)32(17-16-28(33)34)21-23-8-6-5-7-9-23/h5-15,18H,16-17,19-21H2,1-4H3,(H,33,34). The van der Waals surface area contributed by atoms with Crippen LogP contribution in [0, 0.1) is 0 Å². The van der Waals surface area contributed by atoms with Gasteiger partial charge in [0.15, 0.2) is 0 Å². The highest BCUT2D eigenvalue weighted by Gasteiger charge is 2.35. The van der Waals surface area contributed by atoms with Crippen molar-refractivity contribution < 1.29 is 19.4 Å². The minimum atomic E-state index is -0.922. The molecule has 1 amide bonds. The molecule has 188 valence electrons. The topological polar surface area (TPSA) is 66.8 Å². The molecule has 1 aliphatic heterocycles. The van der Waals surface area contributed by atoms with E-state index in [0.29, 0.717) is 18.5 Å². The first-order valence-electron chi connectivity index (χ1n) is 12.5. The molecule has 36 heavy (non-hydrogen) atoms. The van der Waals surface area contributed by atoms with Crippen LogP contribution in [0.4, 0.5) is 0 Å². The fraction of sp³-hybridized carbons (Fsp3) is 0.355. The predicted molar refractivity (Wildman–Crippen MR) is 141 cm³/mol. The van der Waals surface area contributed by atoms with E-state index < -0.39 is 5.97 Å². The normalized spacial score (nSPS) is 16.8. The Morgan fingerprint density at radius 2 is 1.67 bits per heavy atom. The third-order valence-corrected chi connectivity index (χ3v) is 6.73. The van der Waals surface area contributed by atoms with Gasteiger partial charge in [-0.3, -0.25) is 9.59 Å². The zero-order chi connectivity index (χ0) is 25.9. The van der Waals surface area contributed by atoms with Gasteiger partial charge in [-0.15, -0.1) is 0 Å². The molecule has 3 aromatic carbocycles. The first kappa shape index (κ1) is 25.5. The second kappa shape index (κ2) is 10.2. The number of nitrogens with zero attached hydrogens (tertiary/aromatic N) is 1. The molecule has 1 atom stereocenters. The lowest BCUT2D eigenvalue weighted by molar-refractivity contribution is -0.137. The Bertz CT molecular complexity index is 1230. The molecule has 1 aliphatic rings. The van der Waals surface area contributed by atoms with Crippen molar-refractivity contribution in [3.63, 3.8) is 0 Å². The highest BCUT2D eigenvalue weighted by Crippen LogP contribution is 2.38. The van der Waals surface area contributed by atoms with Gasteiger partial charge in [0.1, 0.15) is 11.4 Å². The van der Waals surface area contributed by atoms with Crippen molar-refractivity contribution in [3.8, 4) is 5.75 Å². The first-order chi connectivity index (χ1) is 17.0. The van der Waals surface area contributed by atoms with E-state index in [1.54, 1.807) is 11.0 Å². The first-order valence-corrected chi connectivity index (χ1v) is 12.5. The van der Waals surface area contributed by atoms with E-state index >= 15 is 0 Å². The van der Waals surface area contributed by atoms with Crippen molar-refractivity contribution in [2.75, 3.05) is 6.54 Å². The molecular weight excluding hydrogens is 450 g/mol. The molecule has 3 aromatic rings. The van der Waals surface area contributed by atoms with Crippen molar-refractivity contribution in [2.24, 2.45) is 0 Å². The number of aliphatic carboxylic acids is 1. The molecule has 0 aliphatic carbocycles. The van der Waals surface area contributed by atoms with E-state index in [9.17, 15) is 14.7 Å². The van der Waals surface area contributed by atoms with Gasteiger partial charge in [-0.05, 0) is 52.8 Å². The molecule has 5 nitrogen and oxygen atoms in total. The van der Waals surface area contributed by atoms with Gasteiger partial charge in [0, 0.05) is 31.5 Å². The third kappa shape index (κ3) is 6.14. The summed E-state index contributed by atoms with van der Waals surface area (Å²) in [4.78, 5) is 26.2. The SMILES string of the molecule is CC1(Cc2ccc(C(C)(C)C)cc2)Cc2cc(C(=O)N(CCC(=O)O)Cc3ccccc3)ccc2O1. The molecule has 1 N–H and O–H groups in total. The number of carboxylic acids is 1. The number of carboxylic acid groups (broad SMARTS) is 1. The zero-order valence-corrected chi connectivity index (χ0v) is 21.6. The fourth-order valence-corrected chi connectivity index (χ4v) is 4.78. The third-order valence-electron chi connectivity index (χ3n) is 6.73. The van der Waals surface area contributed by atoms with Crippen LogP contribution in [-0.4, -0.2) is 34.0 Å². The van der Waals surface area contributed by atoms with Gasteiger partial charge in [-0.25, -0.2) is 0 Å². The molecule has 1 heterocycles. The second-order valence-electron chi connectivity index (χ2n) is 11.0. The summed E-state index contributed by atoms with van der Waals surface area (Å²) in [5, 5.41) is 9.19. The number of amides is 1. The van der Waals surface area contributed by atoms with Crippen LogP contribution in [0.15, 0.2) is 72.8 Å². The van der Waals surface area contributed by atoms with E-state index in [2.05, 4.69) is 52.0 Å². The van der Waals surface area contributed by atoms with Crippen LogP contribution in [0.5, 0.6) is 5.75 Å². The number of ether oxygens (including phenoxy) is 1. The summed E-state index contributed by atoms with van der Waals surface area (Å²) in [6, 6.07) is 23.9. The fourth-order valence-electron chi connectivity index (χ4n) is 4.78. The molecule has 0 aromatic heterocycles. The van der Waals surface area contributed by atoms with Gasteiger partial charge in [0.25, 0.3) is 5.91 Å². The predicted octanol–water partition coefficient (Wildman–Crippen LogP) is 6.04. The number of hydrogen-bond acceptors (Lipinski definition) is 3. The summed E-state index contributed by atoms with van der Waals surface area (Å²) in [6.45, 7) is 9.26. The van der Waals surface area contributed by atoms with E-state index in [-0.39, 0.29) is 29.9 Å². The minimum absolute atomic E-state index is 0.0985. The Balaban J connectivity index is 1.49. The van der Waals surface area contributed by atoms with E-state index in [4.69, 9.17) is 4.74 Å². The summed E-state index contributed by atoms with van der Waals surface area (Å²) < 4.78 is 6.36. The Kier molecular flexibility index (Phi) is 7.21. The molecule has 0 saturated heterocycles. The summed E-state index contributed by atoms with van der Waals surface area (Å²) in [5.74, 6) is -0.288. The van der Waals surface area contributed by atoms with Gasteiger partial charge in [-0.2, -0.15) is 0 Å². The molecule has 1 unspecified atom stereocenters. The molecule has 0 spiro atoms. The van der Waals surface area contributed by atoms with Gasteiger partial charge < -0.3 is 14.7 Å². The van der Waals surface area contributed by atoms with Crippen LogP contribution in [-0.2, 0) is 29.6 Å². The number of hydrogen-bond donors (Lipinski definition) is 1. The van der Waals surface area contributed by atoms with Crippen LogP contribution >= 0.6 is 0 Å². The van der Waals surface area contributed by atoms with Crippen LogP contribution < -0.4 is 4.74 Å². The van der Waals surface area contributed by atoms with Crippen molar-refractivity contribution >= 4 is 11.9 Å². The Morgan fingerprint density at radius 3 is 2.31 bits per heavy atom. The quantitative estimate of drug-likeness (QED) is 0.423. The summed E-state index contributed by atoms with van der Waals surface area (Å²) in [7, 11) is 0. The molecule has 5 heteroatoms. The van der Waals surface area contributed by atoms with Crippen molar-refractivity contribution in [3.05, 3.63) is 101 Å². The van der Waals surface area contributed by atoms with E-state index in [0.717, 1.165) is 23.3 Å². The largest absolute Gasteiger partial charge is 0.487 e. The number of rotatable bonds is 8. The highest BCUT2D eigenvalue weighted by molar-refractivity contribution is 5.95. The average molecular weight is 486 g/mol. The Hall–Kier alpha value is -3.60. The molecule has 0 bridgehead atoms. The van der Waals surface area contributed by atoms with E-state index in [1.807, 2.05) is 42.5 Å². The molecule has 0 fully saturated rings. The van der Waals surface area contributed by atoms with Gasteiger partial charge in [-0.1, -0.05) is 75.4 Å². The van der Waals surface area contributed by atoms with E-state index in [1.165, 1.54) is 11.1 Å². The maximum atomic E-state index is 13.4. The van der Waals surface area contributed by atoms with Gasteiger partial charge in [0.2, 0.25) is 0 Å². The molecular formula is C31H35NO4. The zero-order valence-electron chi connectivity index (χ0n) is 21.6. The number of carbonyl (C=O) groups is 2. The highest BCUT2D eigenvalue weighted by atomic mass is 16.5. The summed E-state index contributed by atoms with van der Waals surface area (Å²) in [6.07, 6.45) is 1.38. The summed E-state index contributed by atoms with van der Waals surface area (Å²) in [5.41, 5.74) is 4.77. The lowest BCUT2D eigenvalue weighted by Gasteiger charge is -2.25. The lowest BCUT2D eigenvalue weighted by atomic mass is 9.85. The van der Waals surface area contributed by atoms with Crippen LogP contribution in [0.3, 0.4) is 0 Å². The monoisotopic (exact) mass is 485 g/mol. The molecule has 0 radical (unpaired) electrons. The van der Waals surface area contributed by atoms with Gasteiger partial charge in [0.05, 0.1) is 6.42 Å². The van der Waals surface area contributed by atoms with Crippen LogP contribution in [0.25, 0.3) is 0 Å². The minimum Gasteiger partial charge on any atom is -0.487 e. The Morgan fingerprint density at radius 1 is 0.972 bits per heavy atom. The number of benzene rings is 3. The van der Waals surface area contributed by atoms with Crippen LogP contribution in [0.2, 0.25) is 0 Å². The smallest absolute Gasteiger partial charge is 0.305 e. The maximum Gasteiger partial charge on any atom is 0.305 e. The number of fused-ring (bicyclic) bond motifs is 1. The Labute approximate surface area is 213 Å². The summed E-state index contributed by atoms with van der Waals surface area (Å²) >= 11 is 0. The average Bonchev–Trinajstić information content (AvgIpc) is 3.16. The molecule has 4 rings (SSSR count).